The van der Waals surface area contributed by atoms with E-state index in [9.17, 15) is 4.79 Å². The predicted octanol–water partition coefficient (Wildman–Crippen LogP) is 1.76. The summed E-state index contributed by atoms with van der Waals surface area (Å²) < 4.78 is 6.85. The number of rotatable bonds is 6. The van der Waals surface area contributed by atoms with Gasteiger partial charge in [-0.05, 0) is 29.8 Å². The molecule has 1 heterocycles. The molecule has 1 aromatic heterocycles. The molecule has 8 nitrogen and oxygen atoms in total. The Morgan fingerprint density at radius 2 is 1.92 bits per heavy atom. The van der Waals surface area contributed by atoms with Crippen molar-refractivity contribution in [1.29, 1.82) is 0 Å². The number of benzene rings is 2. The summed E-state index contributed by atoms with van der Waals surface area (Å²) in [5.41, 5.74) is 13.3. The molecule has 8 heteroatoms. The minimum Gasteiger partial charge on any atom is -0.495 e. The average molecular weight is 338 g/mol. The molecule has 0 spiro atoms. The number of amides is 1. The highest BCUT2D eigenvalue weighted by Gasteiger charge is 2.10. The zero-order chi connectivity index (χ0) is 17.8. The van der Waals surface area contributed by atoms with E-state index >= 15 is 0 Å². The van der Waals surface area contributed by atoms with Gasteiger partial charge in [-0.2, -0.15) is 4.98 Å². The minimum absolute atomic E-state index is 0.274. The fourth-order valence-corrected chi connectivity index (χ4v) is 2.34. The van der Waals surface area contributed by atoms with Crippen LogP contribution in [0.2, 0.25) is 0 Å². The van der Waals surface area contributed by atoms with Crippen LogP contribution in [0.1, 0.15) is 15.9 Å². The quantitative estimate of drug-likeness (QED) is 0.630. The zero-order valence-electron chi connectivity index (χ0n) is 13.6. The van der Waals surface area contributed by atoms with Crippen molar-refractivity contribution in [2.75, 3.05) is 18.2 Å². The maximum Gasteiger partial charge on any atom is 0.248 e. The highest BCUT2D eigenvalue weighted by molar-refractivity contribution is 5.92. The summed E-state index contributed by atoms with van der Waals surface area (Å²) in [5.74, 6) is 0.863. The average Bonchev–Trinajstić information content (AvgIpc) is 2.95. The Labute approximate surface area is 144 Å². The smallest absolute Gasteiger partial charge is 0.248 e. The highest BCUT2D eigenvalue weighted by atomic mass is 16.5. The third kappa shape index (κ3) is 3.69. The molecule has 0 bridgehead atoms. The van der Waals surface area contributed by atoms with Crippen molar-refractivity contribution < 1.29 is 9.53 Å². The number of ether oxygens (including phenoxy) is 1. The van der Waals surface area contributed by atoms with Gasteiger partial charge in [-0.3, -0.25) is 4.79 Å². The van der Waals surface area contributed by atoms with Crippen LogP contribution in [0.25, 0.3) is 0 Å². The normalized spacial score (nSPS) is 10.4. The first-order valence-corrected chi connectivity index (χ1v) is 7.56. The molecule has 2 aromatic carbocycles. The lowest BCUT2D eigenvalue weighted by Gasteiger charge is -2.07. The number of primary amides is 1. The molecule has 3 rings (SSSR count). The van der Waals surface area contributed by atoms with Gasteiger partial charge in [0.15, 0.2) is 0 Å². The van der Waals surface area contributed by atoms with Gasteiger partial charge >= 0.3 is 0 Å². The lowest BCUT2D eigenvalue weighted by Crippen LogP contribution is -2.11. The first-order chi connectivity index (χ1) is 12.1. The van der Waals surface area contributed by atoms with Gasteiger partial charge in [-0.25, -0.2) is 4.68 Å². The highest BCUT2D eigenvalue weighted by Crippen LogP contribution is 2.26. The Kier molecular flexibility index (Phi) is 4.51. The van der Waals surface area contributed by atoms with Crippen LogP contribution < -0.4 is 21.5 Å². The van der Waals surface area contributed by atoms with E-state index < -0.39 is 5.91 Å². The number of para-hydroxylation sites is 2. The second-order valence-corrected chi connectivity index (χ2v) is 5.34. The first kappa shape index (κ1) is 16.3. The number of nitrogen functional groups attached to an aromatic ring is 1. The van der Waals surface area contributed by atoms with Gasteiger partial charge < -0.3 is 21.5 Å². The van der Waals surface area contributed by atoms with E-state index in [4.69, 9.17) is 16.2 Å². The summed E-state index contributed by atoms with van der Waals surface area (Å²) in [7, 11) is 1.59. The Morgan fingerprint density at radius 1 is 1.20 bits per heavy atom. The standard InChI is InChI=1S/C17H18N6O2/c1-25-14-5-3-2-4-13(14)20-17-21-16(19)23(22-17)10-11-6-8-12(9-7-11)15(18)24/h2-9H,10H2,1H3,(H2,18,24)(H3,19,20,21,22). The zero-order valence-corrected chi connectivity index (χ0v) is 13.6. The molecule has 0 fully saturated rings. The van der Waals surface area contributed by atoms with Crippen LogP contribution in [0, 0.1) is 0 Å². The van der Waals surface area contributed by atoms with Gasteiger partial charge in [0, 0.05) is 5.56 Å². The Bertz CT molecular complexity index is 888. The SMILES string of the molecule is COc1ccccc1Nc1nc(N)n(Cc2ccc(C(N)=O)cc2)n1. The van der Waals surface area contributed by atoms with Gasteiger partial charge in [0.1, 0.15) is 5.75 Å². The molecule has 0 atom stereocenters. The largest absolute Gasteiger partial charge is 0.495 e. The van der Waals surface area contributed by atoms with Crippen molar-refractivity contribution >= 4 is 23.5 Å². The van der Waals surface area contributed by atoms with Crippen molar-refractivity contribution in [3.63, 3.8) is 0 Å². The van der Waals surface area contributed by atoms with Crippen molar-refractivity contribution in [2.24, 2.45) is 5.73 Å². The summed E-state index contributed by atoms with van der Waals surface area (Å²) in [5, 5.41) is 7.44. The van der Waals surface area contributed by atoms with Crippen LogP contribution >= 0.6 is 0 Å². The topological polar surface area (TPSA) is 121 Å². The van der Waals surface area contributed by atoms with Crippen molar-refractivity contribution in [3.8, 4) is 5.75 Å². The third-order valence-corrected chi connectivity index (χ3v) is 3.62. The number of nitrogens with one attached hydrogen (secondary N) is 1. The van der Waals surface area contributed by atoms with Gasteiger partial charge in [0.25, 0.3) is 0 Å². The molecule has 0 aliphatic heterocycles. The van der Waals surface area contributed by atoms with Crippen molar-refractivity contribution in [3.05, 3.63) is 59.7 Å². The van der Waals surface area contributed by atoms with Gasteiger partial charge in [0.05, 0.1) is 19.3 Å². The van der Waals surface area contributed by atoms with Crippen molar-refractivity contribution in [2.45, 2.75) is 6.54 Å². The number of nitrogens with two attached hydrogens (primary N) is 2. The number of carbonyl (C=O) groups is 1. The van der Waals surface area contributed by atoms with Crippen molar-refractivity contribution in [1.82, 2.24) is 14.8 Å². The number of nitrogens with zero attached hydrogens (tertiary/aromatic N) is 3. The van der Waals surface area contributed by atoms with E-state index in [1.54, 1.807) is 36.1 Å². The number of anilines is 3. The fraction of sp³-hybridized carbons (Fsp3) is 0.118. The van der Waals surface area contributed by atoms with E-state index in [0.29, 0.717) is 23.8 Å². The number of hydrogen-bond acceptors (Lipinski definition) is 6. The second kappa shape index (κ2) is 6.91. The summed E-state index contributed by atoms with van der Waals surface area (Å²) in [6, 6.07) is 14.4. The molecular weight excluding hydrogens is 320 g/mol. The fourth-order valence-electron chi connectivity index (χ4n) is 2.34. The van der Waals surface area contributed by atoms with Crippen LogP contribution in [0.5, 0.6) is 5.75 Å². The third-order valence-electron chi connectivity index (χ3n) is 3.62. The minimum atomic E-state index is -0.463. The lowest BCUT2D eigenvalue weighted by molar-refractivity contribution is 0.100. The van der Waals surface area contributed by atoms with E-state index in [1.807, 2.05) is 24.3 Å². The maximum atomic E-state index is 11.1. The molecule has 1 amide bonds. The Balaban J connectivity index is 1.77. The first-order valence-electron chi connectivity index (χ1n) is 7.56. The molecule has 0 aliphatic rings. The number of hydrogen-bond donors (Lipinski definition) is 3. The molecule has 5 N–H and O–H groups in total. The number of carbonyl (C=O) groups excluding carboxylic acids is 1. The van der Waals surface area contributed by atoms with Crippen LogP contribution in [-0.2, 0) is 6.54 Å². The van der Waals surface area contributed by atoms with Gasteiger partial charge in [0.2, 0.25) is 17.8 Å². The van der Waals surface area contributed by atoms with Crippen LogP contribution in [-0.4, -0.2) is 27.8 Å². The summed E-state index contributed by atoms with van der Waals surface area (Å²) in [6.45, 7) is 0.422. The molecule has 3 aromatic rings. The summed E-state index contributed by atoms with van der Waals surface area (Å²) in [4.78, 5) is 15.3. The Morgan fingerprint density at radius 3 is 2.60 bits per heavy atom. The van der Waals surface area contributed by atoms with Crippen LogP contribution in [0.15, 0.2) is 48.5 Å². The van der Waals surface area contributed by atoms with E-state index in [-0.39, 0.29) is 5.95 Å². The van der Waals surface area contributed by atoms with Crippen LogP contribution in [0.3, 0.4) is 0 Å². The van der Waals surface area contributed by atoms with E-state index in [2.05, 4.69) is 15.4 Å². The molecule has 0 saturated heterocycles. The molecule has 0 aliphatic carbocycles. The lowest BCUT2D eigenvalue weighted by atomic mass is 10.1. The molecule has 0 radical (unpaired) electrons. The van der Waals surface area contributed by atoms with E-state index in [0.717, 1.165) is 11.3 Å². The molecule has 0 unspecified atom stereocenters. The number of methoxy groups -OCH3 is 1. The summed E-state index contributed by atoms with van der Waals surface area (Å²) in [6.07, 6.45) is 0. The predicted molar refractivity (Wildman–Crippen MR) is 94.8 cm³/mol. The van der Waals surface area contributed by atoms with Gasteiger partial charge in [-0.15, -0.1) is 5.10 Å². The molecule has 128 valence electrons. The Hall–Kier alpha value is -3.55. The summed E-state index contributed by atoms with van der Waals surface area (Å²) >= 11 is 0. The molecule has 0 saturated carbocycles. The number of aromatic nitrogens is 3. The monoisotopic (exact) mass is 338 g/mol. The van der Waals surface area contributed by atoms with Gasteiger partial charge in [-0.1, -0.05) is 24.3 Å². The molecule has 25 heavy (non-hydrogen) atoms. The second-order valence-electron chi connectivity index (χ2n) is 5.34. The van der Waals surface area contributed by atoms with Crippen LogP contribution in [0.4, 0.5) is 17.6 Å². The maximum absolute atomic E-state index is 11.1. The molecular formula is C17H18N6O2. The van der Waals surface area contributed by atoms with E-state index in [1.165, 1.54) is 0 Å².